The molecule has 0 aromatic heterocycles. The maximum atomic E-state index is 14.4. The average Bonchev–Trinajstić information content (AvgIpc) is 2.61. The van der Waals surface area contributed by atoms with Gasteiger partial charge in [-0.25, -0.2) is 18.6 Å². The van der Waals surface area contributed by atoms with Crippen molar-refractivity contribution in [1.82, 2.24) is 4.90 Å². The van der Waals surface area contributed by atoms with Gasteiger partial charge in [-0.05, 0) is 32.0 Å². The predicted octanol–water partition coefficient (Wildman–Crippen LogP) is 4.24. The Balaban J connectivity index is 2.14. The van der Waals surface area contributed by atoms with E-state index in [4.69, 9.17) is 4.74 Å². The summed E-state index contributed by atoms with van der Waals surface area (Å²) >= 11 is 0. The van der Waals surface area contributed by atoms with Gasteiger partial charge in [0.05, 0.1) is 11.9 Å². The van der Waals surface area contributed by atoms with Crippen LogP contribution in [0.3, 0.4) is 0 Å². The Morgan fingerprint density at radius 2 is 1.96 bits per heavy atom. The second-order valence-corrected chi connectivity index (χ2v) is 5.56. The molecule has 0 saturated heterocycles. The summed E-state index contributed by atoms with van der Waals surface area (Å²) in [7, 11) is 1.82. The van der Waals surface area contributed by atoms with Crippen molar-refractivity contribution < 1.29 is 18.3 Å². The molecule has 6 heteroatoms. The third kappa shape index (κ3) is 4.62. The number of rotatable bonds is 6. The van der Waals surface area contributed by atoms with Gasteiger partial charge in [-0.3, -0.25) is 0 Å². The minimum absolute atomic E-state index is 0.0941. The highest BCUT2D eigenvalue weighted by atomic mass is 19.1. The predicted molar refractivity (Wildman–Crippen MR) is 93.1 cm³/mol. The summed E-state index contributed by atoms with van der Waals surface area (Å²) in [5.74, 6) is -1.75. The number of ether oxygens (including phenoxy) is 1. The van der Waals surface area contributed by atoms with Crippen molar-refractivity contribution in [2.75, 3.05) is 13.6 Å². The molecule has 132 valence electrons. The van der Waals surface area contributed by atoms with Crippen LogP contribution in [0.2, 0.25) is 0 Å². The average molecular weight is 346 g/mol. The zero-order valence-corrected chi connectivity index (χ0v) is 14.4. The lowest BCUT2D eigenvalue weighted by molar-refractivity contribution is 0.0467. The minimum Gasteiger partial charge on any atom is -0.457 e. The van der Waals surface area contributed by atoms with E-state index in [0.29, 0.717) is 0 Å². The summed E-state index contributed by atoms with van der Waals surface area (Å²) in [4.78, 5) is 18.0. The molecule has 2 rings (SSSR count). The largest absolute Gasteiger partial charge is 0.457 e. The molecule has 0 aliphatic heterocycles. The number of benzene rings is 2. The molecule has 0 aliphatic rings. The van der Waals surface area contributed by atoms with Gasteiger partial charge in [0.1, 0.15) is 18.1 Å². The van der Waals surface area contributed by atoms with Crippen LogP contribution in [-0.4, -0.2) is 30.8 Å². The molecule has 0 fully saturated rings. The Kier molecular flexibility index (Phi) is 6.22. The molecule has 25 heavy (non-hydrogen) atoms. The molecular weight excluding hydrogens is 326 g/mol. The van der Waals surface area contributed by atoms with E-state index in [1.54, 1.807) is 17.0 Å². The number of halogens is 2. The quantitative estimate of drug-likeness (QED) is 0.446. The summed E-state index contributed by atoms with van der Waals surface area (Å²) < 4.78 is 33.0. The number of aliphatic imine (C=N–C) groups is 1. The van der Waals surface area contributed by atoms with Crippen LogP contribution >= 0.6 is 0 Å². The highest BCUT2D eigenvalue weighted by molar-refractivity contribution is 5.91. The van der Waals surface area contributed by atoms with Crippen molar-refractivity contribution in [2.24, 2.45) is 4.99 Å². The maximum Gasteiger partial charge on any atom is 0.338 e. The first kappa shape index (κ1) is 18.6. The monoisotopic (exact) mass is 346 g/mol. The summed E-state index contributed by atoms with van der Waals surface area (Å²) in [6.07, 6.45) is 1.52. The van der Waals surface area contributed by atoms with Crippen LogP contribution in [0.1, 0.15) is 28.4 Å². The number of esters is 1. The summed E-state index contributed by atoms with van der Waals surface area (Å²) in [5, 5.41) is 0. The van der Waals surface area contributed by atoms with E-state index in [-0.39, 0.29) is 29.0 Å². The Hall–Kier alpha value is -2.76. The Labute approximate surface area is 145 Å². The third-order valence-corrected chi connectivity index (χ3v) is 3.80. The van der Waals surface area contributed by atoms with Crippen molar-refractivity contribution in [3.05, 3.63) is 64.7 Å². The molecule has 2 aromatic rings. The molecule has 0 heterocycles. The second-order valence-electron chi connectivity index (χ2n) is 5.56. The van der Waals surface area contributed by atoms with Gasteiger partial charge in [-0.15, -0.1) is 0 Å². The third-order valence-electron chi connectivity index (χ3n) is 3.80. The van der Waals surface area contributed by atoms with Gasteiger partial charge in [0.25, 0.3) is 0 Å². The van der Waals surface area contributed by atoms with Crippen molar-refractivity contribution in [2.45, 2.75) is 20.5 Å². The molecule has 0 unspecified atom stereocenters. The van der Waals surface area contributed by atoms with Crippen LogP contribution in [0.5, 0.6) is 0 Å². The molecule has 2 aromatic carbocycles. The molecule has 0 bridgehead atoms. The smallest absolute Gasteiger partial charge is 0.338 e. The van der Waals surface area contributed by atoms with Crippen molar-refractivity contribution in [1.29, 1.82) is 0 Å². The van der Waals surface area contributed by atoms with E-state index in [9.17, 15) is 13.6 Å². The first-order chi connectivity index (χ1) is 11.9. The first-order valence-corrected chi connectivity index (χ1v) is 7.88. The summed E-state index contributed by atoms with van der Waals surface area (Å²) in [6, 6.07) is 8.89. The van der Waals surface area contributed by atoms with Gasteiger partial charge >= 0.3 is 5.97 Å². The van der Waals surface area contributed by atoms with Crippen molar-refractivity contribution >= 4 is 18.0 Å². The van der Waals surface area contributed by atoms with Crippen LogP contribution in [0, 0.1) is 18.6 Å². The van der Waals surface area contributed by atoms with Crippen LogP contribution in [0.25, 0.3) is 0 Å². The van der Waals surface area contributed by atoms with E-state index in [1.165, 1.54) is 37.5 Å². The lowest BCUT2D eigenvalue weighted by Gasteiger charge is -2.11. The van der Waals surface area contributed by atoms with E-state index < -0.39 is 17.6 Å². The fourth-order valence-corrected chi connectivity index (χ4v) is 2.07. The molecule has 0 spiro atoms. The molecule has 0 amide bonds. The maximum absolute atomic E-state index is 14.4. The normalized spacial score (nSPS) is 10.9. The van der Waals surface area contributed by atoms with Gasteiger partial charge in [0.15, 0.2) is 5.82 Å². The molecular formula is C19H20F2N2O2. The number of nitrogens with zero attached hydrogens (tertiary/aromatic N) is 2. The van der Waals surface area contributed by atoms with E-state index in [0.717, 1.165) is 6.54 Å². The molecule has 0 N–H and O–H groups in total. The second kappa shape index (κ2) is 8.37. The van der Waals surface area contributed by atoms with Crippen LogP contribution in [0.15, 0.2) is 41.4 Å². The fraction of sp³-hybridized carbons (Fsp3) is 0.263. The van der Waals surface area contributed by atoms with Gasteiger partial charge in [-0.2, -0.15) is 0 Å². The standard InChI is InChI=1S/C19H20F2N2O2/c1-4-23(3)12-22-17-10-9-15(13(2)18(17)21)19(24)25-11-14-7-5-6-8-16(14)20/h5-10,12H,4,11H2,1-3H3/b22-12+. The van der Waals surface area contributed by atoms with E-state index in [2.05, 4.69) is 4.99 Å². The number of hydrogen-bond donors (Lipinski definition) is 0. The SMILES string of the molecule is CCN(C)/C=N/c1ccc(C(=O)OCc2ccccc2F)c(C)c1F. The Morgan fingerprint density at radius 1 is 1.24 bits per heavy atom. The minimum atomic E-state index is -0.708. The molecule has 0 radical (unpaired) electrons. The van der Waals surface area contributed by atoms with Crippen molar-refractivity contribution in [3.8, 4) is 0 Å². The van der Waals surface area contributed by atoms with Crippen molar-refractivity contribution in [3.63, 3.8) is 0 Å². The van der Waals surface area contributed by atoms with Crippen LogP contribution < -0.4 is 0 Å². The topological polar surface area (TPSA) is 41.9 Å². The lowest BCUT2D eigenvalue weighted by atomic mass is 10.1. The highest BCUT2D eigenvalue weighted by Crippen LogP contribution is 2.24. The van der Waals surface area contributed by atoms with Gasteiger partial charge in [0, 0.05) is 24.7 Å². The number of carbonyl (C=O) groups is 1. The molecule has 0 saturated carbocycles. The fourth-order valence-electron chi connectivity index (χ4n) is 2.07. The Bertz CT molecular complexity index is 791. The van der Waals surface area contributed by atoms with E-state index >= 15 is 0 Å². The van der Waals surface area contributed by atoms with Gasteiger partial charge < -0.3 is 9.64 Å². The van der Waals surface area contributed by atoms with Gasteiger partial charge in [0.2, 0.25) is 0 Å². The van der Waals surface area contributed by atoms with Crippen LogP contribution in [-0.2, 0) is 11.3 Å². The summed E-state index contributed by atoms with van der Waals surface area (Å²) in [6.45, 7) is 3.96. The zero-order valence-electron chi connectivity index (χ0n) is 14.4. The Morgan fingerprint density at radius 3 is 2.64 bits per heavy atom. The first-order valence-electron chi connectivity index (χ1n) is 7.88. The molecule has 0 atom stereocenters. The van der Waals surface area contributed by atoms with Gasteiger partial charge in [-0.1, -0.05) is 18.2 Å². The number of carbonyl (C=O) groups excluding carboxylic acids is 1. The van der Waals surface area contributed by atoms with Crippen LogP contribution in [0.4, 0.5) is 14.5 Å². The molecule has 4 nitrogen and oxygen atoms in total. The number of hydrogen-bond acceptors (Lipinski definition) is 3. The zero-order chi connectivity index (χ0) is 18.4. The van der Waals surface area contributed by atoms with E-state index in [1.807, 2.05) is 14.0 Å². The highest BCUT2D eigenvalue weighted by Gasteiger charge is 2.17. The molecule has 0 aliphatic carbocycles. The lowest BCUT2D eigenvalue weighted by Crippen LogP contribution is -2.14. The summed E-state index contributed by atoms with van der Waals surface area (Å²) in [5.41, 5.74) is 0.644.